The summed E-state index contributed by atoms with van der Waals surface area (Å²) in [4.78, 5) is 0. The third kappa shape index (κ3) is 5.29. The van der Waals surface area contributed by atoms with Crippen LogP contribution in [-0.4, -0.2) is 64.5 Å². The lowest BCUT2D eigenvalue weighted by atomic mass is 9.89. The molecule has 2 aliphatic rings. The molecular weight excluding hydrogens is 584 g/mol. The molecule has 0 aliphatic carbocycles. The van der Waals surface area contributed by atoms with Gasteiger partial charge in [0.1, 0.15) is 12.2 Å². The number of halogens is 1. The molecule has 0 bridgehead atoms. The predicted octanol–water partition coefficient (Wildman–Crippen LogP) is 4.38. The summed E-state index contributed by atoms with van der Waals surface area (Å²) in [6.07, 6.45) is -0.965. The van der Waals surface area contributed by atoms with Gasteiger partial charge in [-0.3, -0.25) is 0 Å². The van der Waals surface area contributed by atoms with E-state index >= 15 is 0 Å². The first-order chi connectivity index (χ1) is 16.2. The number of nitrogens with two attached hydrogens (primary N) is 1. The summed E-state index contributed by atoms with van der Waals surface area (Å²) < 4.78 is 53.0. The van der Waals surface area contributed by atoms with Gasteiger partial charge in [0.25, 0.3) is 10.1 Å². The first-order valence-electron chi connectivity index (χ1n) is 12.0. The van der Waals surface area contributed by atoms with Crippen molar-refractivity contribution in [2.75, 3.05) is 6.61 Å². The van der Waals surface area contributed by atoms with Crippen molar-refractivity contribution < 1.29 is 26.2 Å². The highest BCUT2D eigenvalue weighted by Gasteiger charge is 2.67. The highest BCUT2D eigenvalue weighted by molar-refractivity contribution is 9.08. The lowest BCUT2D eigenvalue weighted by molar-refractivity contribution is -0.0603. The van der Waals surface area contributed by atoms with Crippen LogP contribution in [0.4, 0.5) is 0 Å². The minimum absolute atomic E-state index is 0.0399. The molecule has 0 saturated carbocycles. The molecule has 1 fully saturated rings. The van der Waals surface area contributed by atoms with E-state index in [1.165, 1.54) is 0 Å². The Morgan fingerprint density at radius 3 is 2.19 bits per heavy atom. The van der Waals surface area contributed by atoms with Gasteiger partial charge in [-0.25, -0.2) is 8.86 Å². The molecule has 1 aromatic heterocycles. The van der Waals surface area contributed by atoms with Crippen LogP contribution in [0.15, 0.2) is 17.3 Å². The van der Waals surface area contributed by atoms with Crippen LogP contribution in [0.1, 0.15) is 53.5 Å². The Labute approximate surface area is 225 Å². The number of hydrogen-bond donors (Lipinski definition) is 1. The monoisotopic (exact) mass is 624 g/mol. The van der Waals surface area contributed by atoms with E-state index in [2.05, 4.69) is 94.0 Å². The molecule has 1 saturated heterocycles. The van der Waals surface area contributed by atoms with Crippen molar-refractivity contribution in [2.45, 2.75) is 107 Å². The molecule has 1 aromatic rings. The third-order valence-corrected chi connectivity index (χ3v) is 18.7. The fourth-order valence-electron chi connectivity index (χ4n) is 3.76. The highest BCUT2D eigenvalue weighted by Crippen LogP contribution is 2.52. The van der Waals surface area contributed by atoms with Gasteiger partial charge >= 0.3 is 0 Å². The second kappa shape index (κ2) is 9.54. The number of nitrogens with zero attached hydrogens (tertiary/aromatic N) is 3. The van der Waals surface area contributed by atoms with Crippen molar-refractivity contribution in [3.8, 4) is 0 Å². The highest BCUT2D eigenvalue weighted by atomic mass is 79.9. The van der Waals surface area contributed by atoms with Crippen LogP contribution in [0.3, 0.4) is 0 Å². The van der Waals surface area contributed by atoms with Crippen molar-refractivity contribution in [3.63, 3.8) is 0 Å². The maximum absolute atomic E-state index is 12.8. The van der Waals surface area contributed by atoms with E-state index < -0.39 is 50.8 Å². The largest absolute Gasteiger partial charge is 0.414 e. The van der Waals surface area contributed by atoms with Crippen molar-refractivity contribution in [1.82, 2.24) is 15.0 Å². The predicted molar refractivity (Wildman–Crippen MR) is 147 cm³/mol. The maximum atomic E-state index is 12.8. The van der Waals surface area contributed by atoms with Crippen LogP contribution in [0.25, 0.3) is 0 Å². The standard InChI is InChI=1S/C22H41BrN4O6SSi2/c1-20(2,3)35(7,8)30-13-17-22(16(24)14-34(28,29)33-22)18(32-36(9,10)21(4,5)6)19(31-17)27-15(11-23)12-25-26-27/h12,14,17-19H,11,13,24H2,1-10H3. The van der Waals surface area contributed by atoms with Crippen LogP contribution < -0.4 is 5.73 Å². The fraction of sp³-hybridized carbons (Fsp3) is 0.818. The van der Waals surface area contributed by atoms with Gasteiger partial charge in [0.2, 0.25) is 0 Å². The zero-order chi connectivity index (χ0) is 27.5. The molecule has 3 heterocycles. The zero-order valence-corrected chi connectivity index (χ0v) is 27.4. The Kier molecular flexibility index (Phi) is 7.93. The second-order valence-corrected chi connectivity index (χ2v) is 24.1. The number of rotatable bonds is 7. The molecule has 4 unspecified atom stereocenters. The fourth-order valence-corrected chi connectivity index (χ4v) is 7.67. The molecule has 0 radical (unpaired) electrons. The second-order valence-electron chi connectivity index (χ2n) is 12.6. The molecule has 1 spiro atoms. The lowest BCUT2D eigenvalue weighted by Gasteiger charge is -2.43. The summed E-state index contributed by atoms with van der Waals surface area (Å²) >= 11 is 3.48. The van der Waals surface area contributed by atoms with E-state index in [1.807, 2.05) is 0 Å². The summed E-state index contributed by atoms with van der Waals surface area (Å²) in [6, 6.07) is 0. The molecule has 36 heavy (non-hydrogen) atoms. The molecule has 14 heteroatoms. The number of aromatic nitrogens is 3. The van der Waals surface area contributed by atoms with Crippen molar-refractivity contribution in [3.05, 3.63) is 23.0 Å². The van der Waals surface area contributed by atoms with Crippen molar-refractivity contribution in [2.24, 2.45) is 5.73 Å². The number of ether oxygens (including phenoxy) is 1. The Hall–Kier alpha value is -0.616. The summed E-state index contributed by atoms with van der Waals surface area (Å²) in [5.41, 5.74) is 5.67. The molecule has 4 atom stereocenters. The van der Waals surface area contributed by atoms with E-state index in [1.54, 1.807) is 10.9 Å². The molecule has 0 amide bonds. The summed E-state index contributed by atoms with van der Waals surface area (Å²) in [7, 11) is -8.77. The van der Waals surface area contributed by atoms with Crippen LogP contribution >= 0.6 is 15.9 Å². The Morgan fingerprint density at radius 2 is 1.72 bits per heavy atom. The molecule has 206 valence electrons. The number of hydrogen-bond acceptors (Lipinski definition) is 9. The van der Waals surface area contributed by atoms with E-state index in [0.29, 0.717) is 5.33 Å². The van der Waals surface area contributed by atoms with Crippen LogP contribution in [0, 0.1) is 0 Å². The average molecular weight is 626 g/mol. The third-order valence-electron chi connectivity index (χ3n) is 8.10. The molecule has 0 aromatic carbocycles. The molecule has 2 N–H and O–H groups in total. The van der Waals surface area contributed by atoms with Crippen LogP contribution in [0.2, 0.25) is 36.3 Å². The summed E-state index contributed by atoms with van der Waals surface area (Å²) in [5.74, 6) is 0. The minimum Gasteiger partial charge on any atom is -0.414 e. The molecule has 2 aliphatic heterocycles. The normalized spacial score (nSPS) is 29.2. The Morgan fingerprint density at radius 1 is 1.14 bits per heavy atom. The van der Waals surface area contributed by atoms with E-state index in [0.717, 1.165) is 11.1 Å². The molecular formula is C22H41BrN4O6SSi2. The van der Waals surface area contributed by atoms with E-state index in [-0.39, 0.29) is 22.4 Å². The lowest BCUT2D eigenvalue weighted by Crippen LogP contribution is -2.59. The SMILES string of the molecule is CC(C)(C)[Si](C)(C)OCC1OC(n2nncc2CBr)C(O[Si](C)(C)C(C)(C)C)C12OS(=O)(=O)C=C2N. The smallest absolute Gasteiger partial charge is 0.292 e. The average Bonchev–Trinajstić information content (AvgIpc) is 3.34. The van der Waals surface area contributed by atoms with Gasteiger partial charge < -0.3 is 19.3 Å². The molecule has 3 rings (SSSR count). The summed E-state index contributed by atoms with van der Waals surface area (Å²) in [5, 5.41) is 9.51. The van der Waals surface area contributed by atoms with E-state index in [9.17, 15) is 8.42 Å². The summed E-state index contributed by atoms with van der Waals surface area (Å²) in [6.45, 7) is 21.3. The van der Waals surface area contributed by atoms with Crippen LogP contribution in [0.5, 0.6) is 0 Å². The first kappa shape index (κ1) is 29.9. The zero-order valence-electron chi connectivity index (χ0n) is 23.0. The number of alkyl halides is 1. The minimum atomic E-state index is -4.06. The maximum Gasteiger partial charge on any atom is 0.292 e. The topological polar surface area (TPSA) is 128 Å². The van der Waals surface area contributed by atoms with Gasteiger partial charge in [-0.1, -0.05) is 62.7 Å². The van der Waals surface area contributed by atoms with Crippen molar-refractivity contribution >= 4 is 42.7 Å². The van der Waals surface area contributed by atoms with Gasteiger partial charge in [-0.05, 0) is 36.3 Å². The Balaban J connectivity index is 2.16. The first-order valence-corrected chi connectivity index (χ1v) is 20.4. The molecule has 10 nitrogen and oxygen atoms in total. The van der Waals surface area contributed by atoms with Crippen molar-refractivity contribution in [1.29, 1.82) is 0 Å². The Bertz CT molecular complexity index is 1110. The van der Waals surface area contributed by atoms with Gasteiger partial charge in [0.15, 0.2) is 28.5 Å². The quantitative estimate of drug-likeness (QED) is 0.267. The van der Waals surface area contributed by atoms with E-state index in [4.69, 9.17) is 23.5 Å². The van der Waals surface area contributed by atoms with Gasteiger partial charge in [0.05, 0.1) is 29.6 Å². The van der Waals surface area contributed by atoms with Gasteiger partial charge in [0, 0.05) is 5.33 Å². The van der Waals surface area contributed by atoms with Gasteiger partial charge in [-0.15, -0.1) is 5.10 Å². The van der Waals surface area contributed by atoms with Gasteiger partial charge in [-0.2, -0.15) is 8.42 Å². The van der Waals surface area contributed by atoms with Crippen LogP contribution in [-0.2, 0) is 33.2 Å².